The molecule has 19 heavy (non-hydrogen) atoms. The summed E-state index contributed by atoms with van der Waals surface area (Å²) in [7, 11) is 0. The Bertz CT molecular complexity index is 426. The molecule has 0 aliphatic carbocycles. The van der Waals surface area contributed by atoms with Crippen LogP contribution in [0.5, 0.6) is 0 Å². The summed E-state index contributed by atoms with van der Waals surface area (Å²) in [5, 5.41) is 0. The summed E-state index contributed by atoms with van der Waals surface area (Å²) in [6.07, 6.45) is 5.18. The van der Waals surface area contributed by atoms with Gasteiger partial charge >= 0.3 is 5.97 Å². The number of carbonyl (C=O) groups is 1. The predicted octanol–water partition coefficient (Wildman–Crippen LogP) is 3.94. The minimum atomic E-state index is -0.283. The number of benzene rings is 1. The van der Waals surface area contributed by atoms with E-state index < -0.39 is 0 Å². The van der Waals surface area contributed by atoms with Crippen molar-refractivity contribution in [2.24, 2.45) is 0 Å². The van der Waals surface area contributed by atoms with Crippen LogP contribution in [-0.2, 0) is 9.53 Å². The number of carbonyl (C=O) groups excluding carboxylic acids is 1. The summed E-state index contributed by atoms with van der Waals surface area (Å²) in [6, 6.07) is 9.77. The third-order valence-electron chi connectivity index (χ3n) is 2.78. The van der Waals surface area contributed by atoms with Crippen LogP contribution in [0.15, 0.2) is 30.3 Å². The molecule has 1 rings (SSSR count). The lowest BCUT2D eigenvalue weighted by atomic mass is 10.1. The highest BCUT2D eigenvalue weighted by Crippen LogP contribution is 2.08. The standard InChI is InChI=1S/C17H22O2/c1-3-4-5-9-12-17(19-15(2)18)14-13-16-10-7-6-8-11-16/h6-8,10-11,17H,3-5,9,12H2,1-2H3. The first-order chi connectivity index (χ1) is 9.22. The fourth-order valence-corrected chi connectivity index (χ4v) is 1.80. The van der Waals surface area contributed by atoms with Crippen LogP contribution in [0, 0.1) is 11.8 Å². The molecular formula is C17H22O2. The van der Waals surface area contributed by atoms with Crippen LogP contribution in [0.4, 0.5) is 0 Å². The normalized spacial score (nSPS) is 11.3. The molecule has 0 heterocycles. The molecule has 0 fully saturated rings. The molecule has 0 aromatic heterocycles. The Labute approximate surface area is 116 Å². The second-order valence-electron chi connectivity index (χ2n) is 4.58. The van der Waals surface area contributed by atoms with Crippen LogP contribution >= 0.6 is 0 Å². The molecule has 1 unspecified atom stereocenters. The van der Waals surface area contributed by atoms with E-state index in [0.29, 0.717) is 0 Å². The molecule has 0 saturated carbocycles. The number of hydrogen-bond acceptors (Lipinski definition) is 2. The van der Waals surface area contributed by atoms with Gasteiger partial charge in [0.05, 0.1) is 0 Å². The smallest absolute Gasteiger partial charge is 0.303 e. The first-order valence-electron chi connectivity index (χ1n) is 6.96. The van der Waals surface area contributed by atoms with Gasteiger partial charge in [0, 0.05) is 12.5 Å². The molecule has 0 amide bonds. The molecule has 2 heteroatoms. The van der Waals surface area contributed by atoms with Gasteiger partial charge in [-0.15, -0.1) is 0 Å². The van der Waals surface area contributed by atoms with Crippen molar-refractivity contribution in [1.82, 2.24) is 0 Å². The molecule has 1 aromatic rings. The number of ether oxygens (including phenoxy) is 1. The van der Waals surface area contributed by atoms with E-state index in [2.05, 4.69) is 18.8 Å². The van der Waals surface area contributed by atoms with Gasteiger partial charge in [-0.25, -0.2) is 0 Å². The van der Waals surface area contributed by atoms with Crippen LogP contribution in [0.1, 0.15) is 51.5 Å². The molecule has 0 bridgehead atoms. The van der Waals surface area contributed by atoms with E-state index in [1.807, 2.05) is 30.3 Å². The molecule has 1 aromatic carbocycles. The zero-order valence-corrected chi connectivity index (χ0v) is 11.8. The van der Waals surface area contributed by atoms with E-state index in [4.69, 9.17) is 4.74 Å². The van der Waals surface area contributed by atoms with Gasteiger partial charge in [0.1, 0.15) is 0 Å². The Balaban J connectivity index is 2.54. The molecule has 102 valence electrons. The lowest BCUT2D eigenvalue weighted by molar-refractivity contribution is -0.144. The average molecular weight is 258 g/mol. The highest BCUT2D eigenvalue weighted by atomic mass is 16.5. The SMILES string of the molecule is CCCCCCC(C#Cc1ccccc1)OC(C)=O. The third kappa shape index (κ3) is 7.31. The number of esters is 1. The van der Waals surface area contributed by atoms with E-state index in [1.54, 1.807) is 0 Å². The minimum Gasteiger partial charge on any atom is -0.449 e. The van der Waals surface area contributed by atoms with Crippen molar-refractivity contribution in [3.05, 3.63) is 35.9 Å². The maximum absolute atomic E-state index is 11.1. The van der Waals surface area contributed by atoms with Crippen molar-refractivity contribution in [3.8, 4) is 11.8 Å². The van der Waals surface area contributed by atoms with Crippen molar-refractivity contribution in [1.29, 1.82) is 0 Å². The third-order valence-corrected chi connectivity index (χ3v) is 2.78. The summed E-state index contributed by atoms with van der Waals surface area (Å²) in [5.74, 6) is 5.85. The van der Waals surface area contributed by atoms with Gasteiger partial charge < -0.3 is 4.74 Å². The molecule has 0 aliphatic rings. The van der Waals surface area contributed by atoms with Crippen molar-refractivity contribution < 1.29 is 9.53 Å². The monoisotopic (exact) mass is 258 g/mol. The largest absolute Gasteiger partial charge is 0.449 e. The minimum absolute atomic E-state index is 0.261. The average Bonchev–Trinajstić information content (AvgIpc) is 2.41. The van der Waals surface area contributed by atoms with Crippen molar-refractivity contribution in [3.63, 3.8) is 0 Å². The zero-order chi connectivity index (χ0) is 13.9. The van der Waals surface area contributed by atoms with E-state index in [0.717, 1.165) is 18.4 Å². The topological polar surface area (TPSA) is 26.3 Å². The summed E-state index contributed by atoms with van der Waals surface area (Å²) < 4.78 is 5.24. The van der Waals surface area contributed by atoms with E-state index in [1.165, 1.54) is 26.2 Å². The Morgan fingerprint density at radius 2 is 1.95 bits per heavy atom. The van der Waals surface area contributed by atoms with Gasteiger partial charge in [0.2, 0.25) is 0 Å². The summed E-state index contributed by atoms with van der Waals surface area (Å²) in [5.41, 5.74) is 0.952. The van der Waals surface area contributed by atoms with Crippen LogP contribution in [0.3, 0.4) is 0 Å². The van der Waals surface area contributed by atoms with Crippen LogP contribution in [-0.4, -0.2) is 12.1 Å². The van der Waals surface area contributed by atoms with Crippen LogP contribution in [0.25, 0.3) is 0 Å². The molecule has 0 spiro atoms. The number of hydrogen-bond donors (Lipinski definition) is 0. The van der Waals surface area contributed by atoms with Crippen molar-refractivity contribution >= 4 is 5.97 Å². The van der Waals surface area contributed by atoms with Gasteiger partial charge in [-0.05, 0) is 25.0 Å². The van der Waals surface area contributed by atoms with Gasteiger partial charge in [-0.1, -0.05) is 56.2 Å². The molecule has 2 nitrogen and oxygen atoms in total. The maximum Gasteiger partial charge on any atom is 0.303 e. The molecule has 0 saturated heterocycles. The van der Waals surface area contributed by atoms with Crippen molar-refractivity contribution in [2.45, 2.75) is 52.1 Å². The highest BCUT2D eigenvalue weighted by Gasteiger charge is 2.07. The fourth-order valence-electron chi connectivity index (χ4n) is 1.80. The predicted molar refractivity (Wildman–Crippen MR) is 77.6 cm³/mol. The fraction of sp³-hybridized carbons (Fsp3) is 0.471. The highest BCUT2D eigenvalue weighted by molar-refractivity contribution is 5.66. The van der Waals surface area contributed by atoms with Gasteiger partial charge in [-0.2, -0.15) is 0 Å². The lowest BCUT2D eigenvalue weighted by Crippen LogP contribution is -2.14. The Morgan fingerprint density at radius 1 is 1.21 bits per heavy atom. The number of unbranched alkanes of at least 4 members (excludes halogenated alkanes) is 3. The first-order valence-corrected chi connectivity index (χ1v) is 6.96. The second kappa shape index (κ2) is 9.22. The Morgan fingerprint density at radius 3 is 2.58 bits per heavy atom. The van der Waals surface area contributed by atoms with Crippen LogP contribution in [0.2, 0.25) is 0 Å². The molecule has 0 N–H and O–H groups in total. The first kappa shape index (κ1) is 15.3. The summed E-state index contributed by atoms with van der Waals surface area (Å²) in [4.78, 5) is 11.1. The maximum atomic E-state index is 11.1. The lowest BCUT2D eigenvalue weighted by Gasteiger charge is -2.10. The van der Waals surface area contributed by atoms with Gasteiger partial charge in [0.15, 0.2) is 6.10 Å². The van der Waals surface area contributed by atoms with E-state index >= 15 is 0 Å². The summed E-state index contributed by atoms with van der Waals surface area (Å²) in [6.45, 7) is 3.61. The van der Waals surface area contributed by atoms with Gasteiger partial charge in [-0.3, -0.25) is 4.79 Å². The van der Waals surface area contributed by atoms with Crippen LogP contribution < -0.4 is 0 Å². The number of rotatable bonds is 6. The molecule has 0 radical (unpaired) electrons. The summed E-state index contributed by atoms with van der Waals surface area (Å²) >= 11 is 0. The molecule has 0 aliphatic heterocycles. The molecular weight excluding hydrogens is 236 g/mol. The van der Waals surface area contributed by atoms with E-state index in [-0.39, 0.29) is 12.1 Å². The van der Waals surface area contributed by atoms with E-state index in [9.17, 15) is 4.79 Å². The Hall–Kier alpha value is -1.75. The second-order valence-corrected chi connectivity index (χ2v) is 4.58. The quantitative estimate of drug-likeness (QED) is 0.439. The zero-order valence-electron chi connectivity index (χ0n) is 11.8. The Kier molecular flexibility index (Phi) is 7.43. The molecule has 1 atom stereocenters. The van der Waals surface area contributed by atoms with Gasteiger partial charge in [0.25, 0.3) is 0 Å². The van der Waals surface area contributed by atoms with Crippen molar-refractivity contribution in [2.75, 3.05) is 0 Å².